The van der Waals surface area contributed by atoms with Gasteiger partial charge in [0.15, 0.2) is 5.78 Å². The Morgan fingerprint density at radius 2 is 1.65 bits per heavy atom. The molecule has 4 atom stereocenters. The number of hydrogen-bond donors (Lipinski definition) is 1. The number of unbranched alkanes of at least 4 members (excludes halogenated alkanes) is 3. The van der Waals surface area contributed by atoms with E-state index in [0.717, 1.165) is 19.3 Å². The van der Waals surface area contributed by atoms with E-state index in [2.05, 4.69) is 39.8 Å². The second kappa shape index (κ2) is 16.5. The molecule has 0 aromatic heterocycles. The molecule has 0 saturated heterocycles. The van der Waals surface area contributed by atoms with E-state index in [-0.39, 0.29) is 42.2 Å². The zero-order chi connectivity index (χ0) is 26.3. The van der Waals surface area contributed by atoms with Crippen molar-refractivity contribution in [3.05, 3.63) is 12.2 Å². The topological polar surface area (TPSA) is 110 Å². The van der Waals surface area contributed by atoms with Gasteiger partial charge in [0.25, 0.3) is 6.26 Å². The minimum absolute atomic E-state index is 0.0252. The summed E-state index contributed by atoms with van der Waals surface area (Å²) >= 11 is 0. The number of rotatable bonds is 19. The molecule has 0 saturated carbocycles. The number of amides is 1. The van der Waals surface area contributed by atoms with Crippen LogP contribution in [0.15, 0.2) is 12.2 Å². The van der Waals surface area contributed by atoms with Crippen LogP contribution in [0.5, 0.6) is 0 Å². The maximum Gasteiger partial charge on any atom is 0.286 e. The molecule has 2 N–H and O–H groups in total. The lowest BCUT2D eigenvalue weighted by Gasteiger charge is -2.33. The highest BCUT2D eigenvalue weighted by atomic mass is 16.5. The van der Waals surface area contributed by atoms with Crippen molar-refractivity contribution in [2.45, 2.75) is 112 Å². The van der Waals surface area contributed by atoms with Crippen LogP contribution in [0.25, 0.3) is 0 Å². The van der Waals surface area contributed by atoms with E-state index >= 15 is 0 Å². The Morgan fingerprint density at radius 3 is 2.18 bits per heavy atom. The third-order valence-electron chi connectivity index (χ3n) is 6.73. The highest BCUT2D eigenvalue weighted by Crippen LogP contribution is 2.36. The fraction of sp³-hybridized carbons (Fsp3) is 0.786. The van der Waals surface area contributed by atoms with Gasteiger partial charge in [-0.1, -0.05) is 79.9 Å². The predicted molar refractivity (Wildman–Crippen MR) is 136 cm³/mol. The van der Waals surface area contributed by atoms with Gasteiger partial charge in [-0.15, -0.1) is 0 Å². The zero-order valence-electron chi connectivity index (χ0n) is 22.6. The molecule has 194 valence electrons. The molecule has 0 spiro atoms. The quantitative estimate of drug-likeness (QED) is 0.104. The first kappa shape index (κ1) is 31.8. The molecule has 6 heteroatoms. The van der Waals surface area contributed by atoms with Crippen LogP contribution >= 0.6 is 0 Å². The maximum absolute atomic E-state index is 13.2. The van der Waals surface area contributed by atoms with Crippen molar-refractivity contribution < 1.29 is 19.1 Å². The Balaban J connectivity index is 5.61. The molecule has 0 radical (unpaired) electrons. The number of ether oxygens (including phenoxy) is 1. The van der Waals surface area contributed by atoms with Crippen molar-refractivity contribution in [1.29, 1.82) is 5.26 Å². The molecule has 0 aliphatic rings. The minimum Gasteiger partial charge on any atom is -0.424 e. The number of Topliss-reactive ketones (excluding diaryl/α,β-unsaturated/α-hetero) is 2. The third-order valence-corrected chi connectivity index (χ3v) is 6.73. The average Bonchev–Trinajstić information content (AvgIpc) is 2.73. The first-order chi connectivity index (χ1) is 15.8. The first-order valence-electron chi connectivity index (χ1n) is 12.9. The van der Waals surface area contributed by atoms with Crippen LogP contribution in [0.2, 0.25) is 0 Å². The normalized spacial score (nSPS) is 15.5. The van der Waals surface area contributed by atoms with E-state index in [0.29, 0.717) is 31.6 Å². The fourth-order valence-electron chi connectivity index (χ4n) is 4.23. The van der Waals surface area contributed by atoms with E-state index in [1.165, 1.54) is 0 Å². The molecule has 0 rings (SSSR count). The molecule has 1 amide bonds. The monoisotopic (exact) mass is 476 g/mol. The number of nitrogens with two attached hydrogens (primary N) is 1. The van der Waals surface area contributed by atoms with E-state index in [1.807, 2.05) is 20.8 Å². The zero-order valence-corrected chi connectivity index (χ0v) is 22.6. The Labute approximate surface area is 207 Å². The van der Waals surface area contributed by atoms with Gasteiger partial charge in [0.1, 0.15) is 6.10 Å². The average molecular weight is 477 g/mol. The molecule has 0 aliphatic carbocycles. The summed E-state index contributed by atoms with van der Waals surface area (Å²) in [6, 6.07) is 0. The SMILES string of the molecule is CCCCCCC(=O)C(=O)C(CC(CC(C)C=CC(C)C)OC#N)CC(C)C(C)(C)CC(N)=O. The van der Waals surface area contributed by atoms with Crippen LogP contribution in [0.4, 0.5) is 0 Å². The first-order valence-corrected chi connectivity index (χ1v) is 12.9. The highest BCUT2D eigenvalue weighted by Gasteiger charge is 2.35. The lowest BCUT2D eigenvalue weighted by molar-refractivity contribution is -0.140. The van der Waals surface area contributed by atoms with Crippen molar-refractivity contribution >= 4 is 17.5 Å². The fourth-order valence-corrected chi connectivity index (χ4v) is 4.23. The number of ketones is 2. The number of carbonyl (C=O) groups is 3. The highest BCUT2D eigenvalue weighted by molar-refractivity contribution is 6.37. The van der Waals surface area contributed by atoms with Crippen LogP contribution in [0.3, 0.4) is 0 Å². The van der Waals surface area contributed by atoms with Gasteiger partial charge in [-0.2, -0.15) is 5.26 Å². The van der Waals surface area contributed by atoms with Gasteiger partial charge in [0.05, 0.1) is 0 Å². The third kappa shape index (κ3) is 13.5. The second-order valence-corrected chi connectivity index (χ2v) is 11.0. The van der Waals surface area contributed by atoms with Gasteiger partial charge in [0.2, 0.25) is 11.7 Å². The van der Waals surface area contributed by atoms with Gasteiger partial charge in [-0.05, 0) is 48.9 Å². The number of primary amides is 1. The van der Waals surface area contributed by atoms with Gasteiger partial charge in [0, 0.05) is 18.8 Å². The van der Waals surface area contributed by atoms with Crippen LogP contribution in [0, 0.1) is 40.6 Å². The van der Waals surface area contributed by atoms with Gasteiger partial charge in [-0.3, -0.25) is 14.4 Å². The summed E-state index contributed by atoms with van der Waals surface area (Å²) in [6.45, 7) is 14.3. The van der Waals surface area contributed by atoms with E-state index in [1.54, 1.807) is 6.26 Å². The van der Waals surface area contributed by atoms with Crippen molar-refractivity contribution in [1.82, 2.24) is 0 Å². The second-order valence-electron chi connectivity index (χ2n) is 11.0. The molecule has 34 heavy (non-hydrogen) atoms. The molecule has 0 aromatic rings. The molecule has 0 fully saturated rings. The Morgan fingerprint density at radius 1 is 1.00 bits per heavy atom. The van der Waals surface area contributed by atoms with Crippen LogP contribution < -0.4 is 5.73 Å². The van der Waals surface area contributed by atoms with Crippen molar-refractivity contribution in [3.63, 3.8) is 0 Å². The van der Waals surface area contributed by atoms with Gasteiger partial charge >= 0.3 is 0 Å². The molecule has 0 aromatic carbocycles. The smallest absolute Gasteiger partial charge is 0.286 e. The molecule has 0 heterocycles. The van der Waals surface area contributed by atoms with Gasteiger partial charge < -0.3 is 10.5 Å². The summed E-state index contributed by atoms with van der Waals surface area (Å²) < 4.78 is 5.36. The Kier molecular flexibility index (Phi) is 15.4. The minimum atomic E-state index is -0.555. The molecule has 6 nitrogen and oxygen atoms in total. The number of allylic oxidation sites excluding steroid dienone is 2. The lowest BCUT2D eigenvalue weighted by atomic mass is 9.71. The summed E-state index contributed by atoms with van der Waals surface area (Å²) in [5.74, 6) is -1.10. The standard InChI is InChI=1S/C28H48N2O4/c1-8-9-10-11-12-25(31)27(33)23(16-22(5)28(6,7)18-26(30)32)17-24(34-19-29)15-21(4)14-13-20(2)3/h13-14,20-24H,8-12,15-18H2,1-7H3,(H2,30,32). The number of nitriles is 1. The van der Waals surface area contributed by atoms with Gasteiger partial charge in [-0.25, -0.2) is 0 Å². The Hall–Kier alpha value is -2.16. The van der Waals surface area contributed by atoms with Crippen molar-refractivity contribution in [3.8, 4) is 6.26 Å². The van der Waals surface area contributed by atoms with Crippen molar-refractivity contribution in [2.75, 3.05) is 0 Å². The summed E-state index contributed by atoms with van der Waals surface area (Å²) in [7, 11) is 0. The summed E-state index contributed by atoms with van der Waals surface area (Å²) in [4.78, 5) is 37.5. The van der Waals surface area contributed by atoms with Crippen LogP contribution in [0.1, 0.15) is 106 Å². The molecule has 4 unspecified atom stereocenters. The lowest BCUT2D eigenvalue weighted by Crippen LogP contribution is -2.34. The van der Waals surface area contributed by atoms with Crippen LogP contribution in [-0.2, 0) is 19.1 Å². The molecule has 0 aliphatic heterocycles. The Bertz CT molecular complexity index is 706. The van der Waals surface area contributed by atoms with Crippen LogP contribution in [-0.4, -0.2) is 23.6 Å². The molecular formula is C28H48N2O4. The predicted octanol–water partition coefficient (Wildman–Crippen LogP) is 6.13. The molecular weight excluding hydrogens is 428 g/mol. The number of hydrogen-bond acceptors (Lipinski definition) is 5. The molecule has 0 bridgehead atoms. The van der Waals surface area contributed by atoms with E-state index < -0.39 is 17.4 Å². The number of carbonyl (C=O) groups excluding carboxylic acids is 3. The van der Waals surface area contributed by atoms with E-state index in [9.17, 15) is 19.6 Å². The summed E-state index contributed by atoms with van der Waals surface area (Å²) in [6.07, 6.45) is 11.1. The number of nitrogens with zero attached hydrogens (tertiary/aromatic N) is 1. The van der Waals surface area contributed by atoms with E-state index in [4.69, 9.17) is 10.5 Å². The summed E-state index contributed by atoms with van der Waals surface area (Å²) in [5.41, 5.74) is 5.03. The summed E-state index contributed by atoms with van der Waals surface area (Å²) in [5, 5.41) is 9.21. The largest absolute Gasteiger partial charge is 0.424 e. The maximum atomic E-state index is 13.2. The van der Waals surface area contributed by atoms with Crippen molar-refractivity contribution in [2.24, 2.45) is 34.8 Å².